The van der Waals surface area contributed by atoms with Gasteiger partial charge >= 0.3 is 0 Å². The Hall–Kier alpha value is -2.31. The fraction of sp³-hybridized carbons (Fsp3) is 0.478. The van der Waals surface area contributed by atoms with Crippen molar-refractivity contribution in [1.29, 1.82) is 0 Å². The van der Waals surface area contributed by atoms with Crippen molar-refractivity contribution >= 4 is 5.91 Å². The van der Waals surface area contributed by atoms with Gasteiger partial charge in [0.15, 0.2) is 0 Å². The van der Waals surface area contributed by atoms with Gasteiger partial charge in [-0.25, -0.2) is 9.37 Å². The average molecular weight is 397 g/mol. The molecule has 2 atom stereocenters. The van der Waals surface area contributed by atoms with Crippen LogP contribution in [0.4, 0.5) is 4.39 Å². The molecule has 1 aromatic carbocycles. The first-order valence-electron chi connectivity index (χ1n) is 10.4. The Balaban J connectivity index is 1.62. The second-order valence-corrected chi connectivity index (χ2v) is 8.31. The van der Waals surface area contributed by atoms with E-state index >= 15 is 0 Å². The fourth-order valence-corrected chi connectivity index (χ4v) is 4.37. The summed E-state index contributed by atoms with van der Waals surface area (Å²) in [6.07, 6.45) is 4.57. The number of aliphatic hydroxyl groups excluding tert-OH is 1. The van der Waals surface area contributed by atoms with Gasteiger partial charge in [-0.1, -0.05) is 25.0 Å². The molecule has 1 fully saturated rings. The van der Waals surface area contributed by atoms with Gasteiger partial charge in [0.05, 0.1) is 17.8 Å². The molecular weight excluding hydrogens is 369 g/mol. The molecule has 154 valence electrons. The number of fused-ring (bicyclic) bond motifs is 1. The molecular formula is C23H28FN3O2. The van der Waals surface area contributed by atoms with Crippen LogP contribution in [0.2, 0.25) is 0 Å². The van der Waals surface area contributed by atoms with Crippen molar-refractivity contribution in [3.8, 4) is 0 Å². The number of aliphatic hydroxyl groups is 1. The quantitative estimate of drug-likeness (QED) is 0.833. The molecule has 6 heteroatoms. The topological polar surface area (TPSA) is 65.5 Å². The number of nitrogens with zero attached hydrogens (tertiary/aromatic N) is 2. The maximum atomic E-state index is 13.3. The van der Waals surface area contributed by atoms with Crippen LogP contribution in [0.3, 0.4) is 0 Å². The molecule has 0 bridgehead atoms. The van der Waals surface area contributed by atoms with Crippen molar-refractivity contribution in [3.05, 3.63) is 64.2 Å². The van der Waals surface area contributed by atoms with Crippen molar-refractivity contribution in [2.24, 2.45) is 0 Å². The van der Waals surface area contributed by atoms with E-state index in [1.807, 2.05) is 6.07 Å². The van der Waals surface area contributed by atoms with E-state index in [9.17, 15) is 14.3 Å². The summed E-state index contributed by atoms with van der Waals surface area (Å²) in [5.41, 5.74) is 4.61. The number of halogens is 1. The van der Waals surface area contributed by atoms with Gasteiger partial charge in [-0.15, -0.1) is 0 Å². The maximum absolute atomic E-state index is 13.3. The summed E-state index contributed by atoms with van der Waals surface area (Å²) in [6, 6.07) is 8.17. The number of carbonyl (C=O) groups excluding carboxylic acids is 1. The predicted octanol–water partition coefficient (Wildman–Crippen LogP) is 2.83. The Morgan fingerprint density at radius 3 is 2.79 bits per heavy atom. The number of pyridine rings is 1. The summed E-state index contributed by atoms with van der Waals surface area (Å²) in [5, 5.41) is 13.2. The Labute approximate surface area is 171 Å². The van der Waals surface area contributed by atoms with Crippen LogP contribution in [-0.2, 0) is 19.4 Å². The van der Waals surface area contributed by atoms with Crippen molar-refractivity contribution < 1.29 is 14.3 Å². The highest BCUT2D eigenvalue weighted by Crippen LogP contribution is 2.25. The lowest BCUT2D eigenvalue weighted by Crippen LogP contribution is -2.45. The van der Waals surface area contributed by atoms with Crippen LogP contribution in [0.1, 0.15) is 58.6 Å². The smallest absolute Gasteiger partial charge is 0.270 e. The number of amides is 1. The highest BCUT2D eigenvalue weighted by molar-refractivity contribution is 5.93. The number of aromatic nitrogens is 1. The Bertz CT molecular complexity index is 884. The first-order chi connectivity index (χ1) is 14.0. The molecule has 0 saturated heterocycles. The zero-order valence-electron chi connectivity index (χ0n) is 16.8. The lowest BCUT2D eigenvalue weighted by Gasteiger charge is -2.29. The number of likely N-dealkylation sites (N-methyl/N-ethyl adjacent to an activating group) is 1. The van der Waals surface area contributed by atoms with E-state index in [2.05, 4.69) is 22.2 Å². The molecule has 0 unspecified atom stereocenters. The van der Waals surface area contributed by atoms with E-state index in [1.165, 1.54) is 17.7 Å². The predicted molar refractivity (Wildman–Crippen MR) is 109 cm³/mol. The second kappa shape index (κ2) is 8.59. The van der Waals surface area contributed by atoms with Gasteiger partial charge < -0.3 is 15.3 Å². The highest BCUT2D eigenvalue weighted by atomic mass is 19.1. The second-order valence-electron chi connectivity index (χ2n) is 8.31. The molecule has 0 spiro atoms. The van der Waals surface area contributed by atoms with Crippen LogP contribution < -0.4 is 5.32 Å². The first-order valence-corrected chi connectivity index (χ1v) is 10.4. The molecule has 4 rings (SSSR count). The van der Waals surface area contributed by atoms with Crippen molar-refractivity contribution in [1.82, 2.24) is 15.2 Å². The number of hydrogen-bond donors (Lipinski definition) is 2. The average Bonchev–Trinajstić information content (AvgIpc) is 2.71. The van der Waals surface area contributed by atoms with E-state index in [-0.39, 0.29) is 17.8 Å². The minimum Gasteiger partial charge on any atom is -0.391 e. The lowest BCUT2D eigenvalue weighted by molar-refractivity contribution is 0.0713. The molecule has 2 heterocycles. The van der Waals surface area contributed by atoms with Gasteiger partial charge in [-0.05, 0) is 67.6 Å². The third kappa shape index (κ3) is 4.65. The minimum absolute atomic E-state index is 0.211. The SMILES string of the molecule is CN1CCc2c(Cc3ccc(F)cc3)cc(C(=O)N[C@H]3CCCC[C@@H]3O)nc2C1. The summed E-state index contributed by atoms with van der Waals surface area (Å²) in [6.45, 7) is 1.66. The summed E-state index contributed by atoms with van der Waals surface area (Å²) < 4.78 is 13.3. The lowest BCUT2D eigenvalue weighted by atomic mass is 9.92. The maximum Gasteiger partial charge on any atom is 0.270 e. The van der Waals surface area contributed by atoms with Gasteiger partial charge in [0.1, 0.15) is 11.5 Å². The minimum atomic E-state index is -0.491. The van der Waals surface area contributed by atoms with Gasteiger partial charge in [-0.2, -0.15) is 0 Å². The molecule has 2 aromatic rings. The van der Waals surface area contributed by atoms with E-state index in [1.54, 1.807) is 12.1 Å². The van der Waals surface area contributed by atoms with Crippen LogP contribution in [0.15, 0.2) is 30.3 Å². The zero-order chi connectivity index (χ0) is 20.4. The first kappa shape index (κ1) is 20.0. The molecule has 2 aliphatic rings. The largest absolute Gasteiger partial charge is 0.391 e. The molecule has 2 N–H and O–H groups in total. The van der Waals surface area contributed by atoms with Crippen LogP contribution in [-0.4, -0.2) is 46.6 Å². The molecule has 1 saturated carbocycles. The standard InChI is InChI=1S/C23H28FN3O2/c1-27-11-10-18-16(12-15-6-8-17(24)9-7-15)13-20(25-21(18)14-27)23(29)26-19-4-2-3-5-22(19)28/h6-9,13,19,22,28H,2-5,10-12,14H2,1H3,(H,26,29)/t19-,22-/m0/s1. The fourth-order valence-electron chi connectivity index (χ4n) is 4.37. The summed E-state index contributed by atoms with van der Waals surface area (Å²) in [4.78, 5) is 19.8. The Morgan fingerprint density at radius 2 is 2.03 bits per heavy atom. The van der Waals surface area contributed by atoms with Gasteiger partial charge in [0, 0.05) is 13.1 Å². The van der Waals surface area contributed by atoms with Crippen LogP contribution in [0, 0.1) is 5.82 Å². The number of nitrogens with one attached hydrogen (secondary N) is 1. The van der Waals surface area contributed by atoms with Gasteiger partial charge in [-0.3, -0.25) is 4.79 Å². The van der Waals surface area contributed by atoms with Gasteiger partial charge in [0.2, 0.25) is 0 Å². The zero-order valence-corrected chi connectivity index (χ0v) is 16.8. The molecule has 1 aromatic heterocycles. The molecule has 0 radical (unpaired) electrons. The van der Waals surface area contributed by atoms with E-state index in [0.717, 1.165) is 55.5 Å². The molecule has 5 nitrogen and oxygen atoms in total. The number of benzene rings is 1. The third-order valence-corrected chi connectivity index (χ3v) is 6.05. The van der Waals surface area contributed by atoms with E-state index in [4.69, 9.17) is 0 Å². The normalized spacial score (nSPS) is 22.2. The van der Waals surface area contributed by atoms with Gasteiger partial charge in [0.25, 0.3) is 5.91 Å². The number of rotatable bonds is 4. The Kier molecular flexibility index (Phi) is 5.92. The number of hydrogen-bond acceptors (Lipinski definition) is 4. The van der Waals surface area contributed by atoms with E-state index < -0.39 is 6.10 Å². The summed E-state index contributed by atoms with van der Waals surface area (Å²) >= 11 is 0. The highest BCUT2D eigenvalue weighted by Gasteiger charge is 2.27. The van der Waals surface area contributed by atoms with Crippen molar-refractivity contribution in [2.45, 2.75) is 57.2 Å². The van der Waals surface area contributed by atoms with Crippen LogP contribution in [0.5, 0.6) is 0 Å². The molecule has 29 heavy (non-hydrogen) atoms. The molecule has 1 aliphatic carbocycles. The van der Waals surface area contributed by atoms with E-state index in [0.29, 0.717) is 18.7 Å². The van der Waals surface area contributed by atoms with Crippen LogP contribution >= 0.6 is 0 Å². The van der Waals surface area contributed by atoms with Crippen molar-refractivity contribution in [2.75, 3.05) is 13.6 Å². The third-order valence-electron chi connectivity index (χ3n) is 6.05. The Morgan fingerprint density at radius 1 is 1.28 bits per heavy atom. The summed E-state index contributed by atoms with van der Waals surface area (Å²) in [5.74, 6) is -0.481. The molecule has 1 amide bonds. The summed E-state index contributed by atoms with van der Waals surface area (Å²) in [7, 11) is 2.05. The van der Waals surface area contributed by atoms with Crippen molar-refractivity contribution in [3.63, 3.8) is 0 Å². The number of carbonyl (C=O) groups is 1. The molecule has 1 aliphatic heterocycles. The van der Waals surface area contributed by atoms with Crippen LogP contribution in [0.25, 0.3) is 0 Å². The monoisotopic (exact) mass is 397 g/mol.